The maximum atomic E-state index is 11.9. The molecule has 0 unspecified atom stereocenters. The Bertz CT molecular complexity index is 361. The van der Waals surface area contributed by atoms with E-state index in [2.05, 4.69) is 10.3 Å². The van der Waals surface area contributed by atoms with Gasteiger partial charge in [-0.05, 0) is 30.9 Å². The van der Waals surface area contributed by atoms with E-state index in [1.54, 1.807) is 6.20 Å². The third-order valence-electron chi connectivity index (χ3n) is 3.28. The molecule has 18 heavy (non-hydrogen) atoms. The largest absolute Gasteiger partial charge is 0.343 e. The number of aromatic nitrogens is 1. The molecular formula is C14H21N3O. The Labute approximate surface area is 108 Å². The molecule has 1 amide bonds. The average molecular weight is 247 g/mol. The zero-order valence-electron chi connectivity index (χ0n) is 10.8. The van der Waals surface area contributed by atoms with Crippen molar-refractivity contribution in [3.05, 3.63) is 30.1 Å². The van der Waals surface area contributed by atoms with Crippen molar-refractivity contribution in [2.24, 2.45) is 0 Å². The second-order valence-corrected chi connectivity index (χ2v) is 4.73. The standard InChI is InChI=1S/C14H21N3O/c18-14(17-9-2-1-3-10-17)6-8-16-12-13-5-4-7-15-11-13/h4-5,7,11,16H,1-3,6,8-10,12H2. The van der Waals surface area contributed by atoms with Crippen LogP contribution in [-0.4, -0.2) is 35.4 Å². The van der Waals surface area contributed by atoms with E-state index in [-0.39, 0.29) is 5.91 Å². The van der Waals surface area contributed by atoms with Gasteiger partial charge in [0.15, 0.2) is 0 Å². The van der Waals surface area contributed by atoms with E-state index in [4.69, 9.17) is 0 Å². The summed E-state index contributed by atoms with van der Waals surface area (Å²) in [5.41, 5.74) is 1.16. The van der Waals surface area contributed by atoms with Crippen LogP contribution >= 0.6 is 0 Å². The fourth-order valence-corrected chi connectivity index (χ4v) is 2.23. The summed E-state index contributed by atoms with van der Waals surface area (Å²) in [6, 6.07) is 3.96. The fourth-order valence-electron chi connectivity index (χ4n) is 2.23. The summed E-state index contributed by atoms with van der Waals surface area (Å²) in [6.45, 7) is 3.41. The lowest BCUT2D eigenvalue weighted by atomic mass is 10.1. The van der Waals surface area contributed by atoms with Gasteiger partial charge in [-0.2, -0.15) is 0 Å². The van der Waals surface area contributed by atoms with Gasteiger partial charge in [0, 0.05) is 45.0 Å². The van der Waals surface area contributed by atoms with Gasteiger partial charge in [-0.15, -0.1) is 0 Å². The average Bonchev–Trinajstić information content (AvgIpc) is 2.45. The van der Waals surface area contributed by atoms with Crippen molar-refractivity contribution >= 4 is 5.91 Å². The van der Waals surface area contributed by atoms with Crippen LogP contribution in [0.2, 0.25) is 0 Å². The summed E-state index contributed by atoms with van der Waals surface area (Å²) in [5, 5.41) is 3.28. The number of carbonyl (C=O) groups excluding carboxylic acids is 1. The van der Waals surface area contributed by atoms with E-state index >= 15 is 0 Å². The number of nitrogens with zero attached hydrogens (tertiary/aromatic N) is 2. The number of piperidine rings is 1. The van der Waals surface area contributed by atoms with Gasteiger partial charge in [0.25, 0.3) is 0 Å². The number of pyridine rings is 1. The first-order chi connectivity index (χ1) is 8.86. The fraction of sp³-hybridized carbons (Fsp3) is 0.571. The first-order valence-corrected chi connectivity index (χ1v) is 6.73. The molecule has 0 spiro atoms. The van der Waals surface area contributed by atoms with Crippen LogP contribution in [0.4, 0.5) is 0 Å². The second-order valence-electron chi connectivity index (χ2n) is 4.73. The van der Waals surface area contributed by atoms with E-state index in [0.717, 1.165) is 44.6 Å². The zero-order chi connectivity index (χ0) is 12.6. The first kappa shape index (κ1) is 13.0. The summed E-state index contributed by atoms with van der Waals surface area (Å²) in [6.07, 6.45) is 7.80. The molecule has 0 atom stereocenters. The number of carbonyl (C=O) groups is 1. The molecule has 0 saturated carbocycles. The maximum absolute atomic E-state index is 11.9. The van der Waals surface area contributed by atoms with Gasteiger partial charge in [0.1, 0.15) is 0 Å². The molecule has 4 nitrogen and oxygen atoms in total. The zero-order valence-corrected chi connectivity index (χ0v) is 10.8. The molecule has 1 aliphatic heterocycles. The Morgan fingerprint density at radius 3 is 2.89 bits per heavy atom. The van der Waals surface area contributed by atoms with Crippen LogP contribution in [-0.2, 0) is 11.3 Å². The smallest absolute Gasteiger partial charge is 0.223 e. The van der Waals surface area contributed by atoms with Crippen molar-refractivity contribution < 1.29 is 4.79 Å². The third kappa shape index (κ3) is 4.11. The molecule has 2 rings (SSSR count). The van der Waals surface area contributed by atoms with E-state index in [1.807, 2.05) is 23.2 Å². The predicted octanol–water partition coefficient (Wildman–Crippen LogP) is 1.57. The molecule has 1 saturated heterocycles. The minimum absolute atomic E-state index is 0.286. The molecular weight excluding hydrogens is 226 g/mol. The molecule has 1 aromatic heterocycles. The molecule has 0 aromatic carbocycles. The van der Waals surface area contributed by atoms with Crippen LogP contribution < -0.4 is 5.32 Å². The second kappa shape index (κ2) is 7.11. The molecule has 0 aliphatic carbocycles. The van der Waals surface area contributed by atoms with Crippen LogP contribution in [0.25, 0.3) is 0 Å². The van der Waals surface area contributed by atoms with Crippen LogP contribution in [0.3, 0.4) is 0 Å². The Hall–Kier alpha value is -1.42. The van der Waals surface area contributed by atoms with Crippen molar-refractivity contribution in [2.75, 3.05) is 19.6 Å². The van der Waals surface area contributed by atoms with Crippen molar-refractivity contribution in [3.8, 4) is 0 Å². The van der Waals surface area contributed by atoms with E-state index in [9.17, 15) is 4.79 Å². The van der Waals surface area contributed by atoms with Gasteiger partial charge in [0.05, 0.1) is 0 Å². The summed E-state index contributed by atoms with van der Waals surface area (Å²) >= 11 is 0. The van der Waals surface area contributed by atoms with Crippen molar-refractivity contribution in [3.63, 3.8) is 0 Å². The molecule has 1 fully saturated rings. The minimum Gasteiger partial charge on any atom is -0.343 e. The SMILES string of the molecule is O=C(CCNCc1cccnc1)N1CCCCC1. The van der Waals surface area contributed by atoms with Crippen molar-refractivity contribution in [1.82, 2.24) is 15.2 Å². The quantitative estimate of drug-likeness (QED) is 0.803. The number of hydrogen-bond donors (Lipinski definition) is 1. The lowest BCUT2D eigenvalue weighted by Crippen LogP contribution is -2.37. The van der Waals surface area contributed by atoms with Crippen molar-refractivity contribution in [1.29, 1.82) is 0 Å². The van der Waals surface area contributed by atoms with Gasteiger partial charge in [-0.3, -0.25) is 9.78 Å². The first-order valence-electron chi connectivity index (χ1n) is 6.73. The van der Waals surface area contributed by atoms with Gasteiger partial charge >= 0.3 is 0 Å². The van der Waals surface area contributed by atoms with Gasteiger partial charge in [-0.1, -0.05) is 6.07 Å². The minimum atomic E-state index is 0.286. The molecule has 0 bridgehead atoms. The number of hydrogen-bond acceptors (Lipinski definition) is 3. The Morgan fingerprint density at radius 1 is 1.33 bits per heavy atom. The Morgan fingerprint density at radius 2 is 2.17 bits per heavy atom. The molecule has 4 heteroatoms. The van der Waals surface area contributed by atoms with Crippen LogP contribution in [0.15, 0.2) is 24.5 Å². The number of nitrogens with one attached hydrogen (secondary N) is 1. The Kier molecular flexibility index (Phi) is 5.15. The van der Waals surface area contributed by atoms with Gasteiger partial charge in [-0.25, -0.2) is 0 Å². The predicted molar refractivity (Wildman–Crippen MR) is 71.0 cm³/mol. The highest BCUT2D eigenvalue weighted by Gasteiger charge is 2.15. The van der Waals surface area contributed by atoms with Crippen LogP contribution in [0.1, 0.15) is 31.2 Å². The maximum Gasteiger partial charge on any atom is 0.223 e. The van der Waals surface area contributed by atoms with Crippen LogP contribution in [0, 0.1) is 0 Å². The van der Waals surface area contributed by atoms with Gasteiger partial charge in [0.2, 0.25) is 5.91 Å². The van der Waals surface area contributed by atoms with Crippen molar-refractivity contribution in [2.45, 2.75) is 32.2 Å². The molecule has 98 valence electrons. The number of rotatable bonds is 5. The number of likely N-dealkylation sites (tertiary alicyclic amines) is 1. The monoisotopic (exact) mass is 247 g/mol. The van der Waals surface area contributed by atoms with E-state index < -0.39 is 0 Å². The van der Waals surface area contributed by atoms with E-state index in [0.29, 0.717) is 6.42 Å². The van der Waals surface area contributed by atoms with E-state index in [1.165, 1.54) is 6.42 Å². The number of amides is 1. The summed E-state index contributed by atoms with van der Waals surface area (Å²) in [5.74, 6) is 0.286. The molecule has 1 aromatic rings. The molecule has 1 N–H and O–H groups in total. The van der Waals surface area contributed by atoms with Gasteiger partial charge < -0.3 is 10.2 Å². The third-order valence-corrected chi connectivity index (χ3v) is 3.28. The van der Waals surface area contributed by atoms with Crippen LogP contribution in [0.5, 0.6) is 0 Å². The highest BCUT2D eigenvalue weighted by Crippen LogP contribution is 2.09. The molecule has 0 radical (unpaired) electrons. The highest BCUT2D eigenvalue weighted by atomic mass is 16.2. The summed E-state index contributed by atoms with van der Waals surface area (Å²) < 4.78 is 0. The lowest BCUT2D eigenvalue weighted by Gasteiger charge is -2.26. The molecule has 2 heterocycles. The summed E-state index contributed by atoms with van der Waals surface area (Å²) in [7, 11) is 0. The summed E-state index contributed by atoms with van der Waals surface area (Å²) in [4.78, 5) is 17.9. The normalized spacial score (nSPS) is 15.7. The topological polar surface area (TPSA) is 45.2 Å². The Balaban J connectivity index is 1.61. The molecule has 1 aliphatic rings. The highest BCUT2D eigenvalue weighted by molar-refractivity contribution is 5.76. The lowest BCUT2D eigenvalue weighted by molar-refractivity contribution is -0.131.